The Kier molecular flexibility index (Phi) is 6.75. The fourth-order valence-corrected chi connectivity index (χ4v) is 1.28. The minimum absolute atomic E-state index is 0.564. The van der Waals surface area contributed by atoms with Gasteiger partial charge in [-0.3, -0.25) is 0 Å². The molecule has 0 heterocycles. The van der Waals surface area contributed by atoms with E-state index in [2.05, 4.69) is 20.7 Å². The van der Waals surface area contributed by atoms with Crippen molar-refractivity contribution in [3.8, 4) is 0 Å². The van der Waals surface area contributed by atoms with E-state index < -0.39 is 53.8 Å². The van der Waals surface area contributed by atoms with Crippen LogP contribution in [0.25, 0.3) is 0 Å². The Bertz CT molecular complexity index is 418. The van der Waals surface area contributed by atoms with Gasteiger partial charge in [0.25, 0.3) is 0 Å². The molecule has 1 N–H and O–H groups in total. The Hall–Kier alpha value is -0.790. The summed E-state index contributed by atoms with van der Waals surface area (Å²) in [5, 5.41) is 8.32. The highest BCUT2D eigenvalue weighted by atomic mass is 79.9. The lowest BCUT2D eigenvalue weighted by atomic mass is 10.1. The number of rotatable bonds is 5. The maximum absolute atomic E-state index is 13.1. The van der Waals surface area contributed by atoms with E-state index in [4.69, 9.17) is 5.11 Å². The number of allylic oxidation sites excluding steroid dienone is 2. The normalized spacial score (nSPS) is 15.3. The largest absolute Gasteiger partial charge is 0.488 e. The molecular weight excluding hydrogens is 429 g/mol. The average molecular weight is 435 g/mol. The summed E-state index contributed by atoms with van der Waals surface area (Å²) in [4.78, 5) is 0. The number of ether oxygens (including phenoxy) is 1. The molecule has 138 valence electrons. The van der Waals surface area contributed by atoms with E-state index in [1.807, 2.05) is 0 Å². The van der Waals surface area contributed by atoms with Gasteiger partial charge in [-0.2, -0.15) is 48.3 Å². The average Bonchev–Trinajstić information content (AvgIpc) is 2.28. The standard InChI is InChI=1S/C9H6BrF11O2/c10-1-3(22)2-23-5(6(11,12)9(19,20)21)4(7(13,14)15)8(16,17)18/h3,22H,1-2H2. The van der Waals surface area contributed by atoms with E-state index in [1.165, 1.54) is 0 Å². The number of aliphatic hydroxyl groups excluding tert-OH is 1. The van der Waals surface area contributed by atoms with Gasteiger partial charge >= 0.3 is 24.5 Å². The molecule has 0 aliphatic rings. The van der Waals surface area contributed by atoms with Gasteiger partial charge in [0, 0.05) is 5.33 Å². The summed E-state index contributed by atoms with van der Waals surface area (Å²) < 4.78 is 140. The van der Waals surface area contributed by atoms with Crippen molar-refractivity contribution in [1.29, 1.82) is 0 Å². The Morgan fingerprint density at radius 3 is 1.52 bits per heavy atom. The molecule has 0 bridgehead atoms. The first-order valence-electron chi connectivity index (χ1n) is 5.16. The van der Waals surface area contributed by atoms with Crippen LogP contribution in [0.5, 0.6) is 0 Å². The summed E-state index contributed by atoms with van der Waals surface area (Å²) in [5.74, 6) is -10.3. The van der Waals surface area contributed by atoms with E-state index in [-0.39, 0.29) is 0 Å². The molecule has 0 spiro atoms. The molecular formula is C9H6BrF11O2. The Morgan fingerprint density at radius 1 is 0.870 bits per heavy atom. The highest BCUT2D eigenvalue weighted by molar-refractivity contribution is 9.09. The summed E-state index contributed by atoms with van der Waals surface area (Å²) in [6, 6.07) is 0. The lowest BCUT2D eigenvalue weighted by Gasteiger charge is -2.27. The quantitative estimate of drug-likeness (QED) is 0.396. The second-order valence-electron chi connectivity index (χ2n) is 3.89. The van der Waals surface area contributed by atoms with E-state index in [0.717, 1.165) is 0 Å². The van der Waals surface area contributed by atoms with Gasteiger partial charge in [0.15, 0.2) is 11.3 Å². The summed E-state index contributed by atoms with van der Waals surface area (Å²) in [6.07, 6.45) is -21.9. The molecule has 0 aromatic carbocycles. The van der Waals surface area contributed by atoms with Gasteiger partial charge in [0.05, 0.1) is 6.10 Å². The van der Waals surface area contributed by atoms with E-state index in [9.17, 15) is 48.3 Å². The molecule has 0 fully saturated rings. The Morgan fingerprint density at radius 2 is 1.26 bits per heavy atom. The zero-order valence-corrected chi connectivity index (χ0v) is 12.0. The third-order valence-electron chi connectivity index (χ3n) is 2.03. The van der Waals surface area contributed by atoms with Crippen molar-refractivity contribution in [2.45, 2.75) is 30.6 Å². The van der Waals surface area contributed by atoms with Crippen molar-refractivity contribution in [1.82, 2.24) is 0 Å². The molecule has 0 radical (unpaired) electrons. The molecule has 0 aliphatic heterocycles. The first-order valence-corrected chi connectivity index (χ1v) is 6.29. The molecule has 14 heteroatoms. The van der Waals surface area contributed by atoms with Gasteiger partial charge in [-0.25, -0.2) is 0 Å². The monoisotopic (exact) mass is 434 g/mol. The van der Waals surface area contributed by atoms with E-state index in [1.54, 1.807) is 0 Å². The van der Waals surface area contributed by atoms with Crippen LogP contribution in [0.1, 0.15) is 0 Å². The number of hydrogen-bond donors (Lipinski definition) is 1. The van der Waals surface area contributed by atoms with Crippen LogP contribution in [0.3, 0.4) is 0 Å². The van der Waals surface area contributed by atoms with Crippen molar-refractivity contribution in [3.05, 3.63) is 11.3 Å². The molecule has 1 atom stereocenters. The molecule has 0 saturated heterocycles. The zero-order valence-electron chi connectivity index (χ0n) is 10.4. The smallest absolute Gasteiger partial charge is 0.461 e. The summed E-state index contributed by atoms with van der Waals surface area (Å²) in [5.41, 5.74) is -4.14. The van der Waals surface area contributed by atoms with Crippen molar-refractivity contribution in [2.75, 3.05) is 11.9 Å². The molecule has 0 aromatic heterocycles. The van der Waals surface area contributed by atoms with Crippen LogP contribution in [0.2, 0.25) is 0 Å². The lowest BCUT2D eigenvalue weighted by molar-refractivity contribution is -0.282. The second-order valence-corrected chi connectivity index (χ2v) is 4.54. The molecule has 0 amide bonds. The van der Waals surface area contributed by atoms with Crippen LogP contribution in [0.4, 0.5) is 48.3 Å². The van der Waals surface area contributed by atoms with Crippen molar-refractivity contribution in [3.63, 3.8) is 0 Å². The van der Waals surface area contributed by atoms with Crippen molar-refractivity contribution < 1.29 is 58.1 Å². The van der Waals surface area contributed by atoms with Crippen molar-refractivity contribution >= 4 is 15.9 Å². The topological polar surface area (TPSA) is 29.5 Å². The van der Waals surface area contributed by atoms with Crippen LogP contribution in [-0.2, 0) is 4.74 Å². The molecule has 0 saturated carbocycles. The third-order valence-corrected chi connectivity index (χ3v) is 2.78. The van der Waals surface area contributed by atoms with Gasteiger partial charge in [0.1, 0.15) is 6.61 Å². The fraction of sp³-hybridized carbons (Fsp3) is 0.778. The molecule has 23 heavy (non-hydrogen) atoms. The lowest BCUT2D eigenvalue weighted by Crippen LogP contribution is -2.44. The predicted octanol–water partition coefficient (Wildman–Crippen LogP) is 4.34. The maximum atomic E-state index is 13.1. The summed E-state index contributed by atoms with van der Waals surface area (Å²) in [6.45, 7) is -1.66. The zero-order chi connectivity index (χ0) is 18.9. The summed E-state index contributed by atoms with van der Waals surface area (Å²) >= 11 is 2.47. The second kappa shape index (κ2) is 6.99. The highest BCUT2D eigenvalue weighted by Crippen LogP contribution is 2.49. The number of alkyl halides is 12. The SMILES string of the molecule is OC(CBr)COC(=C(C(F)(F)F)C(F)(F)F)C(F)(F)C(F)(F)F. The number of halogens is 12. The minimum atomic E-state index is -6.79. The van der Waals surface area contributed by atoms with E-state index >= 15 is 0 Å². The third kappa shape index (κ3) is 5.65. The van der Waals surface area contributed by atoms with Crippen molar-refractivity contribution in [2.24, 2.45) is 0 Å². The van der Waals surface area contributed by atoms with Crippen LogP contribution in [0, 0.1) is 0 Å². The van der Waals surface area contributed by atoms with Crippen LogP contribution in [-0.4, -0.2) is 47.6 Å². The summed E-state index contributed by atoms with van der Waals surface area (Å²) in [7, 11) is 0. The molecule has 0 rings (SSSR count). The molecule has 0 aliphatic carbocycles. The molecule has 2 nitrogen and oxygen atoms in total. The van der Waals surface area contributed by atoms with Crippen LogP contribution >= 0.6 is 15.9 Å². The first kappa shape index (κ1) is 22.2. The minimum Gasteiger partial charge on any atom is -0.488 e. The molecule has 1 unspecified atom stereocenters. The molecule has 0 aromatic rings. The fourth-order valence-electron chi connectivity index (χ4n) is 1.09. The van der Waals surface area contributed by atoms with Gasteiger partial charge in [-0.1, -0.05) is 15.9 Å². The van der Waals surface area contributed by atoms with Crippen LogP contribution < -0.4 is 0 Å². The predicted molar refractivity (Wildman–Crippen MR) is 55.9 cm³/mol. The van der Waals surface area contributed by atoms with Crippen LogP contribution in [0.15, 0.2) is 11.3 Å². The Balaban J connectivity index is 6.35. The first-order chi connectivity index (χ1) is 9.96. The highest BCUT2D eigenvalue weighted by Gasteiger charge is 2.67. The Labute approximate surface area is 129 Å². The van der Waals surface area contributed by atoms with Gasteiger partial charge in [-0.05, 0) is 0 Å². The number of hydrogen-bond acceptors (Lipinski definition) is 2. The van der Waals surface area contributed by atoms with Gasteiger partial charge in [0.2, 0.25) is 0 Å². The maximum Gasteiger partial charge on any atom is 0.461 e. The number of aliphatic hydroxyl groups is 1. The van der Waals surface area contributed by atoms with Gasteiger partial charge in [-0.15, -0.1) is 0 Å². The van der Waals surface area contributed by atoms with Gasteiger partial charge < -0.3 is 9.84 Å². The van der Waals surface area contributed by atoms with E-state index in [0.29, 0.717) is 0 Å².